The average Bonchev–Trinajstić information content (AvgIpc) is 2.60. The van der Waals surface area contributed by atoms with Crippen molar-refractivity contribution in [3.05, 3.63) is 45.2 Å². The van der Waals surface area contributed by atoms with Gasteiger partial charge in [-0.1, -0.05) is 15.9 Å². The highest BCUT2D eigenvalue weighted by atomic mass is 79.9. The molecule has 18 heavy (non-hydrogen) atoms. The van der Waals surface area contributed by atoms with E-state index >= 15 is 0 Å². The highest BCUT2D eigenvalue weighted by Crippen LogP contribution is 2.20. The molecule has 4 nitrogen and oxygen atoms in total. The fourth-order valence-corrected chi connectivity index (χ4v) is 2.27. The normalized spacial score (nSPS) is 10.4. The summed E-state index contributed by atoms with van der Waals surface area (Å²) < 4.78 is 0.965. The summed E-state index contributed by atoms with van der Waals surface area (Å²) in [5.41, 5.74) is 3.99. The molecule has 94 valence electrons. The Kier molecular flexibility index (Phi) is 3.52. The average molecular weight is 308 g/mol. The molecule has 1 amide bonds. The molecule has 1 heterocycles. The Morgan fingerprint density at radius 3 is 2.61 bits per heavy atom. The molecule has 2 N–H and O–H groups in total. The second kappa shape index (κ2) is 4.94. The number of H-pyrrole nitrogens is 1. The number of rotatable bonds is 2. The van der Waals surface area contributed by atoms with Gasteiger partial charge < -0.3 is 5.32 Å². The molecule has 0 fully saturated rings. The first kappa shape index (κ1) is 12.8. The van der Waals surface area contributed by atoms with E-state index in [0.29, 0.717) is 5.56 Å². The molecule has 5 heteroatoms. The summed E-state index contributed by atoms with van der Waals surface area (Å²) in [4.78, 5) is 12.2. The number of aromatic nitrogens is 2. The lowest BCUT2D eigenvalue weighted by Gasteiger charge is -2.08. The minimum Gasteiger partial charge on any atom is -0.319 e. The molecule has 0 atom stereocenters. The van der Waals surface area contributed by atoms with Crippen molar-refractivity contribution >= 4 is 27.5 Å². The zero-order chi connectivity index (χ0) is 13.3. The summed E-state index contributed by atoms with van der Waals surface area (Å²) >= 11 is 3.38. The fourth-order valence-electron chi connectivity index (χ4n) is 1.80. The predicted octanol–water partition coefficient (Wildman–Crippen LogP) is 3.35. The molecule has 0 spiro atoms. The second-order valence-electron chi connectivity index (χ2n) is 4.22. The third-order valence-corrected chi connectivity index (χ3v) is 3.29. The molecule has 1 aromatic heterocycles. The Labute approximate surface area is 114 Å². The predicted molar refractivity (Wildman–Crippen MR) is 74.9 cm³/mol. The summed E-state index contributed by atoms with van der Waals surface area (Å²) in [5, 5.41) is 9.78. The van der Waals surface area contributed by atoms with Crippen LogP contribution in [0.2, 0.25) is 0 Å². The highest BCUT2D eigenvalue weighted by molar-refractivity contribution is 9.10. The smallest absolute Gasteiger partial charge is 0.256 e. The second-order valence-corrected chi connectivity index (χ2v) is 5.14. The van der Waals surface area contributed by atoms with Gasteiger partial charge in [0.1, 0.15) is 0 Å². The van der Waals surface area contributed by atoms with Gasteiger partial charge in [0, 0.05) is 10.0 Å². The van der Waals surface area contributed by atoms with Crippen molar-refractivity contribution in [1.29, 1.82) is 0 Å². The molecule has 0 saturated heterocycles. The number of hydrogen-bond donors (Lipinski definition) is 2. The summed E-state index contributed by atoms with van der Waals surface area (Å²) in [7, 11) is 0. The van der Waals surface area contributed by atoms with E-state index in [9.17, 15) is 4.79 Å². The molecule has 0 aliphatic carbocycles. The van der Waals surface area contributed by atoms with Gasteiger partial charge >= 0.3 is 0 Å². The van der Waals surface area contributed by atoms with E-state index in [4.69, 9.17) is 0 Å². The highest BCUT2D eigenvalue weighted by Gasteiger charge is 2.13. The summed E-state index contributed by atoms with van der Waals surface area (Å²) in [6, 6.07) is 5.58. The zero-order valence-electron chi connectivity index (χ0n) is 10.5. The summed E-state index contributed by atoms with van der Waals surface area (Å²) in [6.45, 7) is 5.65. The first-order chi connectivity index (χ1) is 8.49. The largest absolute Gasteiger partial charge is 0.319 e. The number of nitrogens with zero attached hydrogens (tertiary/aromatic N) is 1. The Hall–Kier alpha value is -1.62. The summed E-state index contributed by atoms with van der Waals surface area (Å²) in [6.07, 6.45) is 0. The number of hydrogen-bond acceptors (Lipinski definition) is 2. The lowest BCUT2D eigenvalue weighted by Crippen LogP contribution is -2.14. The number of benzene rings is 1. The molecule has 2 aromatic rings. The van der Waals surface area contributed by atoms with Crippen molar-refractivity contribution in [2.45, 2.75) is 20.8 Å². The molecule has 0 aliphatic rings. The maximum absolute atomic E-state index is 12.2. The molecular formula is C13H14BrN3O. The van der Waals surface area contributed by atoms with E-state index in [1.807, 2.05) is 32.9 Å². The van der Waals surface area contributed by atoms with Gasteiger partial charge in [-0.3, -0.25) is 9.89 Å². The number of amides is 1. The fraction of sp³-hybridized carbons (Fsp3) is 0.231. The molecule has 2 rings (SSSR count). The van der Waals surface area contributed by atoms with Gasteiger partial charge in [0.25, 0.3) is 5.91 Å². The van der Waals surface area contributed by atoms with Crippen molar-refractivity contribution in [2.24, 2.45) is 0 Å². The molecule has 1 aromatic carbocycles. The van der Waals surface area contributed by atoms with E-state index in [-0.39, 0.29) is 5.91 Å². The maximum Gasteiger partial charge on any atom is 0.256 e. The first-order valence-corrected chi connectivity index (χ1v) is 6.37. The van der Waals surface area contributed by atoms with Crippen molar-refractivity contribution in [3.63, 3.8) is 0 Å². The van der Waals surface area contributed by atoms with Crippen LogP contribution in [0.4, 0.5) is 5.69 Å². The maximum atomic E-state index is 12.2. The van der Waals surface area contributed by atoms with Gasteiger partial charge in [0.15, 0.2) is 0 Å². The molecule has 0 aliphatic heterocycles. The van der Waals surface area contributed by atoms with E-state index < -0.39 is 0 Å². The first-order valence-electron chi connectivity index (χ1n) is 5.58. The van der Waals surface area contributed by atoms with Crippen LogP contribution in [0.15, 0.2) is 22.7 Å². The van der Waals surface area contributed by atoms with E-state index in [1.165, 1.54) is 0 Å². The van der Waals surface area contributed by atoms with E-state index in [2.05, 4.69) is 31.4 Å². The van der Waals surface area contributed by atoms with Crippen LogP contribution in [0, 0.1) is 20.8 Å². The third kappa shape index (κ3) is 2.46. The van der Waals surface area contributed by atoms with Gasteiger partial charge in [-0.15, -0.1) is 0 Å². The molecule has 0 saturated carbocycles. The van der Waals surface area contributed by atoms with Crippen LogP contribution in [0.5, 0.6) is 0 Å². The number of aromatic amines is 1. The van der Waals surface area contributed by atoms with E-state index in [1.54, 1.807) is 6.07 Å². The minimum atomic E-state index is -0.118. The van der Waals surface area contributed by atoms with Crippen LogP contribution in [0.3, 0.4) is 0 Å². The quantitative estimate of drug-likeness (QED) is 0.894. The number of halogens is 1. The van der Waals surface area contributed by atoms with Crippen molar-refractivity contribution < 1.29 is 4.79 Å². The van der Waals surface area contributed by atoms with Crippen LogP contribution in [0.1, 0.15) is 27.3 Å². The van der Waals surface area contributed by atoms with Crippen molar-refractivity contribution in [3.8, 4) is 0 Å². The Balaban J connectivity index is 2.28. The van der Waals surface area contributed by atoms with Crippen LogP contribution < -0.4 is 5.32 Å². The number of aryl methyl sites for hydroxylation is 3. The third-order valence-electron chi connectivity index (χ3n) is 2.80. The molecule has 0 bridgehead atoms. The van der Waals surface area contributed by atoms with E-state index in [0.717, 1.165) is 27.1 Å². The Bertz CT molecular complexity index is 585. The minimum absolute atomic E-state index is 0.118. The van der Waals surface area contributed by atoms with Gasteiger partial charge in [-0.25, -0.2) is 0 Å². The number of carbonyl (C=O) groups is 1. The number of anilines is 1. The molecule has 0 unspecified atom stereocenters. The standard InChI is InChI=1S/C13H14BrN3O/c1-7-6-10(14)4-5-11(7)13(18)15-12-8(2)16-17-9(12)3/h4-6H,1-3H3,(H,15,18)(H,16,17). The van der Waals surface area contributed by atoms with Crippen LogP contribution in [-0.2, 0) is 0 Å². The summed E-state index contributed by atoms with van der Waals surface area (Å²) in [5.74, 6) is -0.118. The number of carbonyl (C=O) groups excluding carboxylic acids is 1. The van der Waals surface area contributed by atoms with Gasteiger partial charge in [-0.05, 0) is 44.5 Å². The monoisotopic (exact) mass is 307 g/mol. The Morgan fingerprint density at radius 2 is 2.06 bits per heavy atom. The number of nitrogens with one attached hydrogen (secondary N) is 2. The SMILES string of the molecule is Cc1cc(Br)ccc1C(=O)Nc1c(C)n[nH]c1C. The lowest BCUT2D eigenvalue weighted by atomic mass is 10.1. The topological polar surface area (TPSA) is 57.8 Å². The molecule has 0 radical (unpaired) electrons. The molecular weight excluding hydrogens is 294 g/mol. The Morgan fingerprint density at radius 1 is 1.33 bits per heavy atom. The van der Waals surface area contributed by atoms with Crippen molar-refractivity contribution in [2.75, 3.05) is 5.32 Å². The lowest BCUT2D eigenvalue weighted by molar-refractivity contribution is 0.102. The van der Waals surface area contributed by atoms with Gasteiger partial charge in [0.2, 0.25) is 0 Å². The van der Waals surface area contributed by atoms with Crippen molar-refractivity contribution in [1.82, 2.24) is 10.2 Å². The van der Waals surface area contributed by atoms with Gasteiger partial charge in [0.05, 0.1) is 17.1 Å². The van der Waals surface area contributed by atoms with Crippen LogP contribution >= 0.6 is 15.9 Å². The van der Waals surface area contributed by atoms with Crippen LogP contribution in [-0.4, -0.2) is 16.1 Å². The zero-order valence-corrected chi connectivity index (χ0v) is 12.1. The van der Waals surface area contributed by atoms with Gasteiger partial charge in [-0.2, -0.15) is 5.10 Å². The van der Waals surface area contributed by atoms with Crippen LogP contribution in [0.25, 0.3) is 0 Å².